The first-order chi connectivity index (χ1) is 8.72. The third-order valence-electron chi connectivity index (χ3n) is 3.08. The maximum atomic E-state index is 9.24. The molecule has 0 saturated carbocycles. The number of rotatable bonds is 3. The SMILES string of the molecule is OC1CN(Cc2cnn(-c3ccccc3Cl)c2)C1. The smallest absolute Gasteiger partial charge is 0.0831 e. The van der Waals surface area contributed by atoms with Crippen LogP contribution in [0.25, 0.3) is 5.69 Å². The molecule has 0 spiro atoms. The number of benzene rings is 1. The summed E-state index contributed by atoms with van der Waals surface area (Å²) in [5, 5.41) is 14.2. The Morgan fingerprint density at radius 2 is 2.11 bits per heavy atom. The number of nitrogens with zero attached hydrogens (tertiary/aromatic N) is 3. The highest BCUT2D eigenvalue weighted by atomic mass is 35.5. The Morgan fingerprint density at radius 3 is 2.83 bits per heavy atom. The van der Waals surface area contributed by atoms with Gasteiger partial charge in [-0.2, -0.15) is 5.10 Å². The molecule has 1 fully saturated rings. The molecule has 0 radical (unpaired) electrons. The standard InChI is InChI=1S/C13H14ClN3O/c14-12-3-1-2-4-13(12)17-7-10(5-15-17)6-16-8-11(18)9-16/h1-5,7,11,18H,6,8-9H2. The summed E-state index contributed by atoms with van der Waals surface area (Å²) in [7, 11) is 0. The average molecular weight is 264 g/mol. The van der Waals surface area contributed by atoms with Crippen LogP contribution in [-0.2, 0) is 6.54 Å². The van der Waals surface area contributed by atoms with Gasteiger partial charge in [0.15, 0.2) is 0 Å². The monoisotopic (exact) mass is 263 g/mol. The van der Waals surface area contributed by atoms with Gasteiger partial charge in [0, 0.05) is 31.4 Å². The van der Waals surface area contributed by atoms with Gasteiger partial charge in [-0.25, -0.2) is 4.68 Å². The molecule has 1 saturated heterocycles. The number of aliphatic hydroxyl groups is 1. The van der Waals surface area contributed by atoms with Crippen LogP contribution in [0.5, 0.6) is 0 Å². The lowest BCUT2D eigenvalue weighted by atomic mass is 10.1. The zero-order chi connectivity index (χ0) is 12.5. The predicted molar refractivity (Wildman–Crippen MR) is 69.9 cm³/mol. The molecule has 94 valence electrons. The van der Waals surface area contributed by atoms with Gasteiger partial charge in [-0.1, -0.05) is 23.7 Å². The molecule has 0 aliphatic carbocycles. The molecule has 0 unspecified atom stereocenters. The summed E-state index contributed by atoms with van der Waals surface area (Å²) in [5.41, 5.74) is 2.01. The Balaban J connectivity index is 1.75. The van der Waals surface area contributed by atoms with E-state index in [2.05, 4.69) is 10.00 Å². The Labute approximate surface area is 110 Å². The Kier molecular flexibility index (Phi) is 3.07. The Bertz CT molecular complexity index is 549. The van der Waals surface area contributed by atoms with E-state index in [1.165, 1.54) is 0 Å². The van der Waals surface area contributed by atoms with Crippen LogP contribution in [0.15, 0.2) is 36.7 Å². The van der Waals surface area contributed by atoms with Gasteiger partial charge >= 0.3 is 0 Å². The molecule has 1 aliphatic rings. The van der Waals surface area contributed by atoms with Crippen LogP contribution in [0.3, 0.4) is 0 Å². The highest BCUT2D eigenvalue weighted by Crippen LogP contribution is 2.20. The van der Waals surface area contributed by atoms with E-state index >= 15 is 0 Å². The van der Waals surface area contributed by atoms with Crippen LogP contribution in [0.2, 0.25) is 5.02 Å². The van der Waals surface area contributed by atoms with Gasteiger partial charge in [-0.15, -0.1) is 0 Å². The second kappa shape index (κ2) is 4.72. The van der Waals surface area contributed by atoms with Crippen molar-refractivity contribution in [2.75, 3.05) is 13.1 Å². The molecule has 5 heteroatoms. The van der Waals surface area contributed by atoms with Gasteiger partial charge in [0.1, 0.15) is 0 Å². The van der Waals surface area contributed by atoms with Crippen LogP contribution >= 0.6 is 11.6 Å². The largest absolute Gasteiger partial charge is 0.390 e. The van der Waals surface area contributed by atoms with Gasteiger partial charge < -0.3 is 5.11 Å². The summed E-state index contributed by atoms with van der Waals surface area (Å²) >= 11 is 6.13. The third-order valence-corrected chi connectivity index (χ3v) is 3.40. The van der Waals surface area contributed by atoms with Crippen molar-refractivity contribution < 1.29 is 5.11 Å². The van der Waals surface area contributed by atoms with Gasteiger partial charge in [0.2, 0.25) is 0 Å². The first-order valence-corrected chi connectivity index (χ1v) is 6.29. The second-order valence-corrected chi connectivity index (χ2v) is 5.00. The van der Waals surface area contributed by atoms with Gasteiger partial charge in [-0.05, 0) is 12.1 Å². The van der Waals surface area contributed by atoms with E-state index in [-0.39, 0.29) is 6.10 Å². The summed E-state index contributed by atoms with van der Waals surface area (Å²) in [5.74, 6) is 0. The highest BCUT2D eigenvalue weighted by Gasteiger charge is 2.24. The van der Waals surface area contributed by atoms with Crippen molar-refractivity contribution in [3.05, 3.63) is 47.2 Å². The van der Waals surface area contributed by atoms with Gasteiger partial charge in [0.05, 0.1) is 23.0 Å². The van der Waals surface area contributed by atoms with Crippen molar-refractivity contribution in [3.63, 3.8) is 0 Å². The van der Waals surface area contributed by atoms with E-state index in [4.69, 9.17) is 11.6 Å². The maximum Gasteiger partial charge on any atom is 0.0831 e. The summed E-state index contributed by atoms with van der Waals surface area (Å²) < 4.78 is 1.79. The Hall–Kier alpha value is -1.36. The minimum atomic E-state index is -0.163. The van der Waals surface area contributed by atoms with Crippen molar-refractivity contribution in [2.45, 2.75) is 12.6 Å². The number of aliphatic hydroxyl groups excluding tert-OH is 1. The third kappa shape index (κ3) is 2.27. The van der Waals surface area contributed by atoms with E-state index in [1.54, 1.807) is 4.68 Å². The molecule has 0 bridgehead atoms. The fourth-order valence-electron chi connectivity index (χ4n) is 2.14. The Morgan fingerprint density at radius 1 is 1.33 bits per heavy atom. The molecule has 0 atom stereocenters. The topological polar surface area (TPSA) is 41.3 Å². The predicted octanol–water partition coefficient (Wildman–Crippen LogP) is 1.70. The lowest BCUT2D eigenvalue weighted by Gasteiger charge is -2.35. The maximum absolute atomic E-state index is 9.24. The molecule has 1 aliphatic heterocycles. The minimum Gasteiger partial charge on any atom is -0.390 e. The fraction of sp³-hybridized carbons (Fsp3) is 0.308. The van der Waals surface area contributed by atoms with Crippen molar-refractivity contribution in [3.8, 4) is 5.69 Å². The highest BCUT2D eigenvalue weighted by molar-refractivity contribution is 6.32. The zero-order valence-corrected chi connectivity index (χ0v) is 10.6. The quantitative estimate of drug-likeness (QED) is 0.917. The second-order valence-electron chi connectivity index (χ2n) is 4.59. The number of halogens is 1. The molecule has 4 nitrogen and oxygen atoms in total. The average Bonchev–Trinajstić information content (AvgIpc) is 2.76. The van der Waals surface area contributed by atoms with Crippen molar-refractivity contribution in [1.82, 2.24) is 14.7 Å². The number of likely N-dealkylation sites (tertiary alicyclic amines) is 1. The zero-order valence-electron chi connectivity index (χ0n) is 9.83. The van der Waals surface area contributed by atoms with Crippen LogP contribution in [-0.4, -0.2) is 39.0 Å². The number of aromatic nitrogens is 2. The van der Waals surface area contributed by atoms with E-state index in [1.807, 2.05) is 36.7 Å². The van der Waals surface area contributed by atoms with Crippen LogP contribution in [0.1, 0.15) is 5.56 Å². The molecule has 2 aromatic rings. The molecule has 18 heavy (non-hydrogen) atoms. The molecular weight excluding hydrogens is 250 g/mol. The lowest BCUT2D eigenvalue weighted by molar-refractivity contribution is -0.00286. The molecular formula is C13H14ClN3O. The lowest BCUT2D eigenvalue weighted by Crippen LogP contribution is -2.49. The first-order valence-electron chi connectivity index (χ1n) is 5.91. The van der Waals surface area contributed by atoms with Crippen LogP contribution < -0.4 is 0 Å². The van der Waals surface area contributed by atoms with E-state index < -0.39 is 0 Å². The first kappa shape index (κ1) is 11.7. The summed E-state index contributed by atoms with van der Waals surface area (Å²) in [6.07, 6.45) is 3.66. The van der Waals surface area contributed by atoms with E-state index in [9.17, 15) is 5.11 Å². The summed E-state index contributed by atoms with van der Waals surface area (Å²) in [6, 6.07) is 7.63. The normalized spacial score (nSPS) is 16.8. The van der Waals surface area contributed by atoms with Gasteiger partial charge in [0.25, 0.3) is 0 Å². The summed E-state index contributed by atoms with van der Waals surface area (Å²) in [4.78, 5) is 2.18. The van der Waals surface area contributed by atoms with Crippen LogP contribution in [0, 0.1) is 0 Å². The number of β-amino-alcohol motifs (C(OH)–C–C–N with tert-alkyl or cyclic N) is 1. The minimum absolute atomic E-state index is 0.163. The van der Waals surface area contributed by atoms with E-state index in [0.717, 1.165) is 30.9 Å². The van der Waals surface area contributed by atoms with Crippen molar-refractivity contribution in [2.24, 2.45) is 0 Å². The molecule has 3 rings (SSSR count). The molecule has 1 aromatic carbocycles. The van der Waals surface area contributed by atoms with Gasteiger partial charge in [-0.3, -0.25) is 4.90 Å². The summed E-state index contributed by atoms with van der Waals surface area (Å²) in [6.45, 7) is 2.32. The number of hydrogen-bond donors (Lipinski definition) is 1. The number of para-hydroxylation sites is 1. The van der Waals surface area contributed by atoms with Crippen LogP contribution in [0.4, 0.5) is 0 Å². The molecule has 0 amide bonds. The molecule has 1 aromatic heterocycles. The van der Waals surface area contributed by atoms with Crippen molar-refractivity contribution in [1.29, 1.82) is 0 Å². The van der Waals surface area contributed by atoms with Crippen molar-refractivity contribution >= 4 is 11.6 Å². The fourth-order valence-corrected chi connectivity index (χ4v) is 2.36. The number of hydrogen-bond acceptors (Lipinski definition) is 3. The molecule has 1 N–H and O–H groups in total. The van der Waals surface area contributed by atoms with E-state index in [0.29, 0.717) is 5.02 Å². The molecule has 2 heterocycles.